The molecule has 5 rings (SSSR count). The van der Waals surface area contributed by atoms with Gasteiger partial charge in [0.1, 0.15) is 21.7 Å². The number of benzene rings is 2. The molecule has 2 aromatic carbocycles. The van der Waals surface area contributed by atoms with Crippen LogP contribution in [0.15, 0.2) is 99.6 Å². The lowest BCUT2D eigenvalue weighted by Gasteiger charge is -2.15. The molecule has 164 valence electrons. The van der Waals surface area contributed by atoms with Gasteiger partial charge in [-0.1, -0.05) is 54.6 Å². The molecule has 0 radical (unpaired) electrons. The van der Waals surface area contributed by atoms with E-state index in [1.54, 1.807) is 30.5 Å². The van der Waals surface area contributed by atoms with E-state index in [1.807, 2.05) is 43.3 Å². The maximum absolute atomic E-state index is 13.5. The van der Waals surface area contributed by atoms with Crippen LogP contribution in [0.4, 0.5) is 0 Å². The van der Waals surface area contributed by atoms with E-state index in [2.05, 4.69) is 0 Å². The lowest BCUT2D eigenvalue weighted by molar-refractivity contribution is 0.591. The Balaban J connectivity index is 1.91. The zero-order chi connectivity index (χ0) is 23.2. The van der Waals surface area contributed by atoms with Gasteiger partial charge >= 0.3 is 0 Å². The molecule has 5 aromatic rings. The Morgan fingerprint density at radius 1 is 0.909 bits per heavy atom. The molecule has 0 amide bonds. The number of aryl methyl sites for hydroxylation is 1. The molecule has 0 fully saturated rings. The van der Waals surface area contributed by atoms with Crippen molar-refractivity contribution in [1.82, 2.24) is 14.0 Å². The van der Waals surface area contributed by atoms with Gasteiger partial charge in [-0.3, -0.25) is 14.6 Å². The van der Waals surface area contributed by atoms with E-state index in [0.29, 0.717) is 5.65 Å². The summed E-state index contributed by atoms with van der Waals surface area (Å²) >= 11 is 0. The first-order valence-corrected chi connectivity index (χ1v) is 11.8. The summed E-state index contributed by atoms with van der Waals surface area (Å²) in [4.78, 5) is 18.0. The highest BCUT2D eigenvalue weighted by Crippen LogP contribution is 2.21. The van der Waals surface area contributed by atoms with Crippen LogP contribution in [0.1, 0.15) is 11.1 Å². The van der Waals surface area contributed by atoms with Crippen LogP contribution in [0.5, 0.6) is 0 Å². The van der Waals surface area contributed by atoms with Gasteiger partial charge in [0, 0.05) is 6.20 Å². The number of fused-ring (bicyclic) bond motifs is 2. The van der Waals surface area contributed by atoms with E-state index in [9.17, 15) is 13.2 Å². The van der Waals surface area contributed by atoms with Crippen molar-refractivity contribution in [3.63, 3.8) is 0 Å². The molecule has 0 saturated heterocycles. The van der Waals surface area contributed by atoms with Gasteiger partial charge in [-0.15, -0.1) is 0 Å². The van der Waals surface area contributed by atoms with Crippen molar-refractivity contribution in [3.8, 4) is 0 Å². The largest absolute Gasteiger partial charge is 0.305 e. The summed E-state index contributed by atoms with van der Waals surface area (Å²) < 4.78 is 29.8. The molecule has 1 N–H and O–H groups in total. The van der Waals surface area contributed by atoms with Crippen molar-refractivity contribution in [3.05, 3.63) is 112 Å². The second kappa shape index (κ2) is 7.83. The van der Waals surface area contributed by atoms with Crippen molar-refractivity contribution < 1.29 is 8.42 Å². The molecule has 0 atom stereocenters. The number of pyridine rings is 2. The number of hydrogen-bond acceptors (Lipinski definition) is 5. The Bertz CT molecular complexity index is 1740. The van der Waals surface area contributed by atoms with Crippen molar-refractivity contribution in [2.75, 3.05) is 0 Å². The first kappa shape index (κ1) is 20.8. The van der Waals surface area contributed by atoms with Gasteiger partial charge in [-0.25, -0.2) is 13.4 Å². The van der Waals surface area contributed by atoms with E-state index < -0.39 is 9.84 Å². The maximum atomic E-state index is 13.5. The Morgan fingerprint density at radius 2 is 1.58 bits per heavy atom. The highest BCUT2D eigenvalue weighted by molar-refractivity contribution is 7.91. The van der Waals surface area contributed by atoms with E-state index in [4.69, 9.17) is 10.4 Å². The van der Waals surface area contributed by atoms with E-state index in [0.717, 1.165) is 11.1 Å². The molecule has 0 aliphatic rings. The average Bonchev–Trinajstić information content (AvgIpc) is 2.83. The van der Waals surface area contributed by atoms with Crippen LogP contribution in [0, 0.1) is 12.3 Å². The van der Waals surface area contributed by atoms with Crippen molar-refractivity contribution >= 4 is 26.5 Å². The van der Waals surface area contributed by atoms with Crippen LogP contribution in [0.25, 0.3) is 16.7 Å². The monoisotopic (exact) mass is 456 g/mol. The summed E-state index contributed by atoms with van der Waals surface area (Å²) in [5, 5.41) is 8.99. The summed E-state index contributed by atoms with van der Waals surface area (Å²) in [6.07, 6.45) is 1.61. The zero-order valence-electron chi connectivity index (χ0n) is 17.8. The Hall–Kier alpha value is -4.04. The topological polar surface area (TPSA) is 97.3 Å². The SMILES string of the molecule is Cc1cccn2c(=O)c3cc(S(=O)(=O)c4ccccc4)c(=N)n(Cc4ccccc4)c3nc12. The summed E-state index contributed by atoms with van der Waals surface area (Å²) in [6, 6.07) is 22.2. The van der Waals surface area contributed by atoms with Gasteiger partial charge < -0.3 is 4.57 Å². The number of rotatable bonds is 4. The van der Waals surface area contributed by atoms with Crippen LogP contribution in [0.2, 0.25) is 0 Å². The maximum Gasteiger partial charge on any atom is 0.267 e. The van der Waals surface area contributed by atoms with Crippen LogP contribution in [-0.2, 0) is 16.4 Å². The molecule has 3 heterocycles. The predicted octanol–water partition coefficient (Wildman–Crippen LogP) is 3.32. The number of hydrogen-bond donors (Lipinski definition) is 1. The molecule has 8 heteroatoms. The molecule has 3 aromatic heterocycles. The highest BCUT2D eigenvalue weighted by Gasteiger charge is 2.24. The minimum Gasteiger partial charge on any atom is -0.305 e. The number of nitrogens with one attached hydrogen (secondary N) is 1. The fraction of sp³-hybridized carbons (Fsp3) is 0.0800. The first-order chi connectivity index (χ1) is 15.9. The minimum atomic E-state index is -4.04. The van der Waals surface area contributed by atoms with Crippen molar-refractivity contribution in [2.24, 2.45) is 0 Å². The Kier molecular flexibility index (Phi) is 4.94. The highest BCUT2D eigenvalue weighted by atomic mass is 32.2. The first-order valence-electron chi connectivity index (χ1n) is 10.3. The summed E-state index contributed by atoms with van der Waals surface area (Å²) in [6.45, 7) is 2.05. The molecular weight excluding hydrogens is 436 g/mol. The van der Waals surface area contributed by atoms with Crippen molar-refractivity contribution in [1.29, 1.82) is 5.41 Å². The quantitative estimate of drug-likeness (QED) is 0.420. The van der Waals surface area contributed by atoms with Gasteiger partial charge in [0.15, 0.2) is 0 Å². The molecule has 0 aliphatic carbocycles. The summed E-state index contributed by atoms with van der Waals surface area (Å²) in [5.41, 5.74) is 1.80. The lowest BCUT2D eigenvalue weighted by Crippen LogP contribution is -2.30. The standard InChI is InChI=1S/C25H20N4O3S/c1-17-9-8-14-28-23(17)27-24-20(25(28)30)15-21(33(31,32)19-12-6-3-7-13-19)22(26)29(24)16-18-10-4-2-5-11-18/h2-15,26H,16H2,1H3. The third kappa shape index (κ3) is 3.44. The lowest BCUT2D eigenvalue weighted by atomic mass is 10.2. The molecule has 0 unspecified atom stereocenters. The second-order valence-electron chi connectivity index (χ2n) is 7.78. The van der Waals surface area contributed by atoms with Crippen LogP contribution in [0.3, 0.4) is 0 Å². The van der Waals surface area contributed by atoms with Crippen LogP contribution < -0.4 is 11.0 Å². The normalized spacial score (nSPS) is 11.8. The van der Waals surface area contributed by atoms with Gasteiger partial charge in [0.25, 0.3) is 5.56 Å². The zero-order valence-corrected chi connectivity index (χ0v) is 18.6. The van der Waals surface area contributed by atoms with Crippen LogP contribution in [-0.4, -0.2) is 22.4 Å². The van der Waals surface area contributed by atoms with Gasteiger partial charge in [0.05, 0.1) is 16.8 Å². The summed E-state index contributed by atoms with van der Waals surface area (Å²) in [7, 11) is -4.04. The molecular formula is C25H20N4O3S. The number of nitrogens with zero attached hydrogens (tertiary/aromatic N) is 3. The smallest absolute Gasteiger partial charge is 0.267 e. The second-order valence-corrected chi connectivity index (χ2v) is 9.70. The molecule has 0 bridgehead atoms. The Labute approximate surface area is 189 Å². The molecule has 33 heavy (non-hydrogen) atoms. The van der Waals surface area contributed by atoms with Gasteiger partial charge in [-0.05, 0) is 42.3 Å². The Morgan fingerprint density at radius 3 is 2.27 bits per heavy atom. The number of aromatic nitrogens is 3. The van der Waals surface area contributed by atoms with E-state index >= 15 is 0 Å². The van der Waals surface area contributed by atoms with Crippen molar-refractivity contribution in [2.45, 2.75) is 23.3 Å². The van der Waals surface area contributed by atoms with Gasteiger partial charge in [-0.2, -0.15) is 0 Å². The van der Waals surface area contributed by atoms with Crippen LogP contribution >= 0.6 is 0 Å². The molecule has 7 nitrogen and oxygen atoms in total. The third-order valence-electron chi connectivity index (χ3n) is 5.63. The average molecular weight is 457 g/mol. The fourth-order valence-electron chi connectivity index (χ4n) is 3.92. The number of sulfone groups is 1. The van der Waals surface area contributed by atoms with Gasteiger partial charge in [0.2, 0.25) is 9.84 Å². The van der Waals surface area contributed by atoms with E-state index in [1.165, 1.54) is 27.2 Å². The van der Waals surface area contributed by atoms with E-state index in [-0.39, 0.29) is 38.4 Å². The minimum absolute atomic E-state index is 0.0637. The third-order valence-corrected chi connectivity index (χ3v) is 7.41. The summed E-state index contributed by atoms with van der Waals surface area (Å²) in [5.74, 6) is 0. The predicted molar refractivity (Wildman–Crippen MR) is 125 cm³/mol. The molecule has 0 spiro atoms. The molecule has 0 saturated carbocycles. The fourth-order valence-corrected chi connectivity index (χ4v) is 5.33. The molecule has 0 aliphatic heterocycles.